The number of fused-ring (bicyclic) bond motifs is 1. The Morgan fingerprint density at radius 1 is 1.06 bits per heavy atom. The van der Waals surface area contributed by atoms with Crippen LogP contribution in [-0.2, 0) is 20.0 Å². The van der Waals surface area contributed by atoms with Crippen molar-refractivity contribution in [1.29, 1.82) is 0 Å². The highest BCUT2D eigenvalue weighted by Crippen LogP contribution is 2.34. The molecule has 7 nitrogen and oxygen atoms in total. The molecule has 2 aromatic carbocycles. The van der Waals surface area contributed by atoms with Crippen LogP contribution in [0.2, 0.25) is 0 Å². The maximum Gasteiger partial charge on any atom is 0.272 e. The largest absolute Gasteiger partial charge is 0.454 e. The molecule has 3 aromatic rings. The molecule has 5 rings (SSSR count). The lowest BCUT2D eigenvalue weighted by molar-refractivity contribution is 0.0575. The maximum absolute atomic E-state index is 13.5. The van der Waals surface area contributed by atoms with E-state index < -0.39 is 0 Å². The van der Waals surface area contributed by atoms with Crippen molar-refractivity contribution in [3.63, 3.8) is 0 Å². The number of benzene rings is 2. The average Bonchev–Trinajstić information content (AvgIpc) is 3.48. The second kappa shape index (κ2) is 10.1. The minimum atomic E-state index is 0.0387. The molecule has 0 bridgehead atoms. The number of aryl methyl sites for hydroxylation is 2. The molecule has 0 radical (unpaired) electrons. The summed E-state index contributed by atoms with van der Waals surface area (Å²) in [5.74, 6) is 2.14. The SMILES string of the molecule is Cc1cc(C(=O)N(C)[C@H](Cc2ccccc2)C2CCN(Cc3ccc4c(c3)OCO4)CC2)n(C)n1. The van der Waals surface area contributed by atoms with Crippen molar-refractivity contribution >= 4 is 5.91 Å². The zero-order valence-electron chi connectivity index (χ0n) is 20.8. The molecule has 35 heavy (non-hydrogen) atoms. The first-order valence-corrected chi connectivity index (χ1v) is 12.4. The Balaban J connectivity index is 1.28. The number of ether oxygens (including phenoxy) is 2. The van der Waals surface area contributed by atoms with Gasteiger partial charge in [0.25, 0.3) is 5.91 Å². The van der Waals surface area contributed by atoms with Crippen LogP contribution >= 0.6 is 0 Å². The van der Waals surface area contributed by atoms with Gasteiger partial charge in [-0.25, -0.2) is 0 Å². The summed E-state index contributed by atoms with van der Waals surface area (Å²) in [6, 6.07) is 18.7. The Kier molecular flexibility index (Phi) is 6.77. The van der Waals surface area contributed by atoms with Gasteiger partial charge in [-0.15, -0.1) is 0 Å². The fourth-order valence-electron chi connectivity index (χ4n) is 5.41. The molecule has 1 fully saturated rings. The summed E-state index contributed by atoms with van der Waals surface area (Å²) in [7, 11) is 3.80. The summed E-state index contributed by atoms with van der Waals surface area (Å²) in [4.78, 5) is 17.9. The van der Waals surface area contributed by atoms with Crippen molar-refractivity contribution in [3.8, 4) is 11.5 Å². The van der Waals surface area contributed by atoms with E-state index in [1.54, 1.807) is 4.68 Å². The van der Waals surface area contributed by atoms with Crippen LogP contribution in [0.4, 0.5) is 0 Å². The minimum absolute atomic E-state index is 0.0387. The van der Waals surface area contributed by atoms with Crippen LogP contribution in [0, 0.1) is 12.8 Å². The Hall–Kier alpha value is -3.32. The highest BCUT2D eigenvalue weighted by Gasteiger charge is 2.33. The number of rotatable bonds is 7. The number of amides is 1. The van der Waals surface area contributed by atoms with Crippen LogP contribution in [0.3, 0.4) is 0 Å². The van der Waals surface area contributed by atoms with Crippen molar-refractivity contribution in [3.05, 3.63) is 77.1 Å². The lowest BCUT2D eigenvalue weighted by atomic mass is 9.84. The Labute approximate surface area is 207 Å². The fourth-order valence-corrected chi connectivity index (χ4v) is 5.41. The molecule has 0 spiro atoms. The molecular formula is C28H34N4O3. The average molecular weight is 475 g/mol. The van der Waals surface area contributed by atoms with E-state index in [2.05, 4.69) is 46.4 Å². The molecule has 1 aromatic heterocycles. The lowest BCUT2D eigenvalue weighted by Gasteiger charge is -2.40. The summed E-state index contributed by atoms with van der Waals surface area (Å²) in [5.41, 5.74) is 4.01. The molecule has 0 N–H and O–H groups in total. The van der Waals surface area contributed by atoms with Gasteiger partial charge in [-0.3, -0.25) is 14.4 Å². The highest BCUT2D eigenvalue weighted by molar-refractivity contribution is 5.92. The molecule has 0 unspecified atom stereocenters. The van der Waals surface area contributed by atoms with E-state index in [4.69, 9.17) is 9.47 Å². The summed E-state index contributed by atoms with van der Waals surface area (Å²) in [6.45, 7) is 5.15. The number of likely N-dealkylation sites (tertiary alicyclic amines) is 1. The number of piperidine rings is 1. The van der Waals surface area contributed by atoms with Gasteiger partial charge in [-0.2, -0.15) is 5.10 Å². The maximum atomic E-state index is 13.5. The zero-order valence-corrected chi connectivity index (χ0v) is 20.8. The summed E-state index contributed by atoms with van der Waals surface area (Å²) >= 11 is 0. The molecule has 1 amide bonds. The second-order valence-corrected chi connectivity index (χ2v) is 9.77. The third-order valence-corrected chi connectivity index (χ3v) is 7.35. The normalized spacial score (nSPS) is 16.9. The summed E-state index contributed by atoms with van der Waals surface area (Å²) < 4.78 is 12.7. The lowest BCUT2D eigenvalue weighted by Crippen LogP contribution is -2.47. The van der Waals surface area contributed by atoms with E-state index in [9.17, 15) is 4.79 Å². The third-order valence-electron chi connectivity index (χ3n) is 7.35. The van der Waals surface area contributed by atoms with Crippen LogP contribution in [0.5, 0.6) is 11.5 Å². The third kappa shape index (κ3) is 5.20. The van der Waals surface area contributed by atoms with Gasteiger partial charge in [0, 0.05) is 26.7 Å². The van der Waals surface area contributed by atoms with Gasteiger partial charge in [0.05, 0.1) is 5.69 Å². The van der Waals surface area contributed by atoms with E-state index in [0.717, 1.165) is 56.1 Å². The van der Waals surface area contributed by atoms with Crippen molar-refractivity contribution in [1.82, 2.24) is 19.6 Å². The van der Waals surface area contributed by atoms with E-state index in [1.165, 1.54) is 11.1 Å². The Morgan fingerprint density at radius 2 is 1.80 bits per heavy atom. The minimum Gasteiger partial charge on any atom is -0.454 e. The topological polar surface area (TPSA) is 59.8 Å². The quantitative estimate of drug-likeness (QED) is 0.517. The molecule has 0 saturated carbocycles. The predicted octanol–water partition coefficient (Wildman–Crippen LogP) is 4.05. The summed E-state index contributed by atoms with van der Waals surface area (Å²) in [5, 5.41) is 4.39. The summed E-state index contributed by atoms with van der Waals surface area (Å²) in [6.07, 6.45) is 2.97. The van der Waals surface area contributed by atoms with Gasteiger partial charge in [0.1, 0.15) is 5.69 Å². The number of carbonyl (C=O) groups is 1. The molecule has 3 heterocycles. The molecule has 0 aliphatic carbocycles. The van der Waals surface area contributed by atoms with Crippen LogP contribution < -0.4 is 9.47 Å². The molecule has 7 heteroatoms. The number of hydrogen-bond acceptors (Lipinski definition) is 5. The van der Waals surface area contributed by atoms with Crippen molar-refractivity contribution in [2.75, 3.05) is 26.9 Å². The first kappa shape index (κ1) is 23.4. The van der Waals surface area contributed by atoms with E-state index in [0.29, 0.717) is 18.4 Å². The second-order valence-electron chi connectivity index (χ2n) is 9.77. The van der Waals surface area contributed by atoms with Gasteiger partial charge in [-0.05, 0) is 74.5 Å². The van der Waals surface area contributed by atoms with Gasteiger partial charge in [0.15, 0.2) is 11.5 Å². The number of hydrogen-bond donors (Lipinski definition) is 0. The highest BCUT2D eigenvalue weighted by atomic mass is 16.7. The smallest absolute Gasteiger partial charge is 0.272 e. The molecular weight excluding hydrogens is 440 g/mol. The molecule has 2 aliphatic heterocycles. The molecule has 1 atom stereocenters. The first-order chi connectivity index (χ1) is 17.0. The molecule has 2 aliphatic rings. The zero-order chi connectivity index (χ0) is 24.4. The standard InChI is InChI=1S/C28H34N4O3/c1-20-15-25(31(3)29-20)28(33)30(2)24(16-21-7-5-4-6-8-21)23-11-13-32(14-12-23)18-22-9-10-26-27(17-22)35-19-34-26/h4-10,15,17,23-24H,11-14,16,18-19H2,1-3H3/t24-/m1/s1. The van der Waals surface area contributed by atoms with Gasteiger partial charge in [0.2, 0.25) is 6.79 Å². The van der Waals surface area contributed by atoms with Crippen LogP contribution in [-0.4, -0.2) is 58.5 Å². The van der Waals surface area contributed by atoms with E-state index >= 15 is 0 Å². The van der Waals surface area contributed by atoms with Crippen molar-refractivity contribution in [2.45, 2.75) is 38.8 Å². The number of aromatic nitrogens is 2. The van der Waals surface area contributed by atoms with E-state index in [1.807, 2.05) is 44.1 Å². The van der Waals surface area contributed by atoms with Crippen molar-refractivity contribution in [2.24, 2.45) is 13.0 Å². The number of nitrogens with zero attached hydrogens (tertiary/aromatic N) is 4. The van der Waals surface area contributed by atoms with Crippen LogP contribution in [0.15, 0.2) is 54.6 Å². The van der Waals surface area contributed by atoms with E-state index in [-0.39, 0.29) is 11.9 Å². The van der Waals surface area contributed by atoms with Crippen LogP contribution in [0.25, 0.3) is 0 Å². The fraction of sp³-hybridized carbons (Fsp3) is 0.429. The Bertz CT molecular complexity index is 1170. The number of carbonyl (C=O) groups excluding carboxylic acids is 1. The number of likely N-dealkylation sites (N-methyl/N-ethyl adjacent to an activating group) is 1. The van der Waals surface area contributed by atoms with Gasteiger partial charge < -0.3 is 14.4 Å². The molecule has 1 saturated heterocycles. The van der Waals surface area contributed by atoms with Gasteiger partial charge >= 0.3 is 0 Å². The monoisotopic (exact) mass is 474 g/mol. The van der Waals surface area contributed by atoms with Crippen molar-refractivity contribution < 1.29 is 14.3 Å². The van der Waals surface area contributed by atoms with Gasteiger partial charge in [-0.1, -0.05) is 36.4 Å². The first-order valence-electron chi connectivity index (χ1n) is 12.4. The van der Waals surface area contributed by atoms with Crippen LogP contribution in [0.1, 0.15) is 40.2 Å². The predicted molar refractivity (Wildman–Crippen MR) is 135 cm³/mol. The molecule has 184 valence electrons. The Morgan fingerprint density at radius 3 is 2.51 bits per heavy atom.